The summed E-state index contributed by atoms with van der Waals surface area (Å²) in [4.78, 5) is 7.83. The van der Waals surface area contributed by atoms with Crippen LogP contribution in [0.3, 0.4) is 0 Å². The number of benzene rings is 2. The van der Waals surface area contributed by atoms with Gasteiger partial charge in [0.1, 0.15) is 28.0 Å². The highest BCUT2D eigenvalue weighted by molar-refractivity contribution is 9.10. The first kappa shape index (κ1) is 22.9. The summed E-state index contributed by atoms with van der Waals surface area (Å²) >= 11 is 3.36. The summed E-state index contributed by atoms with van der Waals surface area (Å²) in [6.45, 7) is 1.68. The molecule has 0 bridgehead atoms. The first-order valence-corrected chi connectivity index (χ1v) is 11.8. The number of nitrogens with zero attached hydrogens (tertiary/aromatic N) is 2. The quantitative estimate of drug-likeness (QED) is 0.371. The topological polar surface area (TPSA) is 107 Å². The van der Waals surface area contributed by atoms with Crippen molar-refractivity contribution in [3.05, 3.63) is 70.3 Å². The molecule has 0 aliphatic rings. The van der Waals surface area contributed by atoms with Crippen molar-refractivity contribution in [2.24, 2.45) is 0 Å². The van der Waals surface area contributed by atoms with Crippen molar-refractivity contribution in [1.29, 1.82) is 0 Å². The Morgan fingerprint density at radius 3 is 2.58 bits per heavy atom. The Morgan fingerprint density at radius 1 is 1.12 bits per heavy atom. The zero-order valence-electron chi connectivity index (χ0n) is 17.4. The Kier molecular flexibility index (Phi) is 5.93. The molecule has 0 aliphatic heterocycles. The van der Waals surface area contributed by atoms with E-state index in [1.807, 2.05) is 12.1 Å². The normalized spacial score (nSPS) is 11.5. The summed E-state index contributed by atoms with van der Waals surface area (Å²) in [6, 6.07) is 9.50. The highest BCUT2D eigenvalue weighted by Crippen LogP contribution is 2.36. The van der Waals surface area contributed by atoms with Gasteiger partial charge in [-0.2, -0.15) is 0 Å². The van der Waals surface area contributed by atoms with Crippen LogP contribution in [0, 0.1) is 18.6 Å². The number of aromatic nitrogens is 2. The third-order valence-electron chi connectivity index (χ3n) is 5.02. The van der Waals surface area contributed by atoms with Crippen LogP contribution in [0.4, 0.5) is 20.3 Å². The molecule has 2 aromatic heterocycles. The van der Waals surface area contributed by atoms with Gasteiger partial charge in [0.05, 0.1) is 17.1 Å². The maximum Gasteiger partial charge on any atom is 0.265 e. The average molecular weight is 535 g/mol. The number of hydrogen-bond acceptors (Lipinski definition) is 6. The van der Waals surface area contributed by atoms with E-state index in [1.54, 1.807) is 25.3 Å². The summed E-state index contributed by atoms with van der Waals surface area (Å²) in [7, 11) is -3.07. The highest BCUT2D eigenvalue weighted by atomic mass is 79.9. The molecule has 2 heterocycles. The Labute approximate surface area is 196 Å². The Balaban J connectivity index is 1.82. The number of halogens is 3. The fourth-order valence-electron chi connectivity index (χ4n) is 3.36. The van der Waals surface area contributed by atoms with Gasteiger partial charge >= 0.3 is 0 Å². The van der Waals surface area contributed by atoms with Crippen molar-refractivity contribution in [2.45, 2.75) is 11.8 Å². The van der Waals surface area contributed by atoms with Gasteiger partial charge in [0.2, 0.25) is 5.88 Å². The first-order chi connectivity index (χ1) is 15.6. The van der Waals surface area contributed by atoms with Crippen molar-refractivity contribution in [3.63, 3.8) is 0 Å². The Hall–Kier alpha value is -3.31. The number of hydrogen-bond donors (Lipinski definition) is 2. The molecule has 0 spiro atoms. The molecule has 4 rings (SSSR count). The molecule has 0 radical (unpaired) electrons. The predicted octanol–water partition coefficient (Wildman–Crippen LogP) is 5.04. The van der Waals surface area contributed by atoms with Gasteiger partial charge in [0, 0.05) is 23.2 Å². The standard InChI is InChI=1S/C22H17BrF2N4O3S/c1-11-15(12-3-5-18-13(7-12)8-16(23)21(26)28-18)10-27-22(32-2)20(11)29-33(30,31)19-6-4-14(24)9-17(19)25/h3-10,29H,1-2H3,(H2,26,28). The van der Waals surface area contributed by atoms with Crippen molar-refractivity contribution in [1.82, 2.24) is 9.97 Å². The van der Waals surface area contributed by atoms with E-state index in [-0.39, 0.29) is 11.6 Å². The number of anilines is 2. The summed E-state index contributed by atoms with van der Waals surface area (Å²) < 4.78 is 61.3. The van der Waals surface area contributed by atoms with E-state index in [4.69, 9.17) is 10.5 Å². The molecule has 4 aromatic rings. The van der Waals surface area contributed by atoms with Gasteiger partial charge in [-0.3, -0.25) is 4.72 Å². The van der Waals surface area contributed by atoms with Crippen LogP contribution in [0.15, 0.2) is 58.0 Å². The molecule has 0 atom stereocenters. The number of nitrogens with two attached hydrogens (primary N) is 1. The largest absolute Gasteiger partial charge is 0.479 e. The first-order valence-electron chi connectivity index (χ1n) is 9.48. The van der Waals surface area contributed by atoms with Crippen LogP contribution in [0.25, 0.3) is 22.0 Å². The van der Waals surface area contributed by atoms with Crippen molar-refractivity contribution in [3.8, 4) is 17.0 Å². The maximum absolute atomic E-state index is 14.2. The average Bonchev–Trinajstić information content (AvgIpc) is 2.75. The van der Waals surface area contributed by atoms with Crippen molar-refractivity contribution >= 4 is 48.4 Å². The van der Waals surface area contributed by atoms with E-state index >= 15 is 0 Å². The van der Waals surface area contributed by atoms with E-state index in [1.165, 1.54) is 7.11 Å². The van der Waals surface area contributed by atoms with Gasteiger partial charge < -0.3 is 10.5 Å². The number of nitrogen functional groups attached to an aromatic ring is 1. The fraction of sp³-hybridized carbons (Fsp3) is 0.0909. The number of pyridine rings is 2. The van der Waals surface area contributed by atoms with Crippen LogP contribution < -0.4 is 15.2 Å². The minimum Gasteiger partial charge on any atom is -0.479 e. The smallest absolute Gasteiger partial charge is 0.265 e. The van der Waals surface area contributed by atoms with Crippen LogP contribution in [0.2, 0.25) is 0 Å². The maximum atomic E-state index is 14.2. The molecular weight excluding hydrogens is 518 g/mol. The SMILES string of the molecule is COc1ncc(-c2ccc3nc(N)c(Br)cc3c2)c(C)c1NS(=O)(=O)c1ccc(F)cc1F. The summed E-state index contributed by atoms with van der Waals surface area (Å²) in [5.74, 6) is -1.74. The second kappa shape index (κ2) is 8.56. The number of methoxy groups -OCH3 is 1. The second-order valence-corrected chi connectivity index (χ2v) is 9.63. The number of rotatable bonds is 5. The van der Waals surface area contributed by atoms with E-state index in [9.17, 15) is 17.2 Å². The van der Waals surface area contributed by atoms with Crippen molar-refractivity contribution < 1.29 is 21.9 Å². The number of fused-ring (bicyclic) bond motifs is 1. The number of sulfonamides is 1. The third-order valence-corrected chi connectivity index (χ3v) is 7.04. The van der Waals surface area contributed by atoms with E-state index in [2.05, 4.69) is 30.6 Å². The highest BCUT2D eigenvalue weighted by Gasteiger charge is 2.24. The van der Waals surface area contributed by atoms with Crippen molar-refractivity contribution in [2.75, 3.05) is 17.6 Å². The monoisotopic (exact) mass is 534 g/mol. The van der Waals surface area contributed by atoms with Crippen LogP contribution in [0.1, 0.15) is 5.56 Å². The molecule has 7 nitrogen and oxygen atoms in total. The van der Waals surface area contributed by atoms with Gasteiger partial charge in [-0.25, -0.2) is 27.2 Å². The summed E-state index contributed by atoms with van der Waals surface area (Å²) in [6.07, 6.45) is 1.55. The van der Waals surface area contributed by atoms with Crippen LogP contribution >= 0.6 is 15.9 Å². The Morgan fingerprint density at radius 2 is 1.88 bits per heavy atom. The molecular formula is C22H17BrF2N4O3S. The minimum absolute atomic E-state index is 0.000295. The van der Waals surface area contributed by atoms with Crippen LogP contribution in [-0.4, -0.2) is 25.5 Å². The molecule has 0 saturated carbocycles. The number of nitrogens with one attached hydrogen (secondary N) is 1. The zero-order valence-corrected chi connectivity index (χ0v) is 19.8. The molecule has 0 amide bonds. The molecule has 0 saturated heterocycles. The molecule has 3 N–H and O–H groups in total. The fourth-order valence-corrected chi connectivity index (χ4v) is 4.88. The van der Waals surface area contributed by atoms with E-state index in [0.29, 0.717) is 33.0 Å². The van der Waals surface area contributed by atoms with Crippen LogP contribution in [-0.2, 0) is 10.0 Å². The van der Waals surface area contributed by atoms with E-state index < -0.39 is 26.6 Å². The van der Waals surface area contributed by atoms with E-state index in [0.717, 1.165) is 23.1 Å². The second-order valence-electron chi connectivity index (χ2n) is 7.12. The molecule has 0 fully saturated rings. The molecule has 0 unspecified atom stereocenters. The third kappa shape index (κ3) is 4.33. The number of ether oxygens (including phenoxy) is 1. The lowest BCUT2D eigenvalue weighted by atomic mass is 10.00. The Bertz CT molecular complexity index is 1510. The molecule has 33 heavy (non-hydrogen) atoms. The molecule has 0 aliphatic carbocycles. The van der Waals surface area contributed by atoms with Gasteiger partial charge in [0.25, 0.3) is 10.0 Å². The lowest BCUT2D eigenvalue weighted by Gasteiger charge is -2.17. The minimum atomic E-state index is -4.40. The molecule has 170 valence electrons. The molecule has 2 aromatic carbocycles. The van der Waals surface area contributed by atoms with Gasteiger partial charge in [0.15, 0.2) is 0 Å². The lowest BCUT2D eigenvalue weighted by Crippen LogP contribution is -2.17. The van der Waals surface area contributed by atoms with Gasteiger partial charge in [-0.15, -0.1) is 0 Å². The van der Waals surface area contributed by atoms with Gasteiger partial charge in [-0.05, 0) is 64.3 Å². The zero-order chi connectivity index (χ0) is 23.9. The summed E-state index contributed by atoms with van der Waals surface area (Å²) in [5, 5.41) is 0.805. The lowest BCUT2D eigenvalue weighted by molar-refractivity contribution is 0.400. The predicted molar refractivity (Wildman–Crippen MR) is 126 cm³/mol. The van der Waals surface area contributed by atoms with Crippen LogP contribution in [0.5, 0.6) is 5.88 Å². The van der Waals surface area contributed by atoms with Gasteiger partial charge in [-0.1, -0.05) is 6.07 Å². The summed E-state index contributed by atoms with van der Waals surface area (Å²) in [5.41, 5.74) is 8.41. The molecule has 11 heteroatoms.